The standard InChI is InChI=1S/C21H23NO6/c1-14(21(24)22-16-8-6-9-17(13-16)25-2)28-19(23)12-11-15-7-5-10-18(26-3)20(15)27-4/h5-14H,1-4H3,(H,22,24)/b12-11+/t14-/m1/s1. The number of ether oxygens (including phenoxy) is 4. The van der Waals surface area contributed by atoms with Crippen LogP contribution in [0.4, 0.5) is 5.69 Å². The first kappa shape index (κ1) is 20.8. The number of methoxy groups -OCH3 is 3. The lowest BCUT2D eigenvalue weighted by atomic mass is 10.1. The number of nitrogens with one attached hydrogen (secondary N) is 1. The van der Waals surface area contributed by atoms with Gasteiger partial charge in [-0.1, -0.05) is 18.2 Å². The monoisotopic (exact) mass is 385 g/mol. The van der Waals surface area contributed by atoms with Gasteiger partial charge in [0.1, 0.15) is 5.75 Å². The maximum Gasteiger partial charge on any atom is 0.331 e. The number of benzene rings is 2. The second-order valence-corrected chi connectivity index (χ2v) is 5.72. The Hall–Kier alpha value is -3.48. The van der Waals surface area contributed by atoms with E-state index in [0.29, 0.717) is 28.5 Å². The van der Waals surface area contributed by atoms with Crippen molar-refractivity contribution in [2.24, 2.45) is 0 Å². The van der Waals surface area contributed by atoms with E-state index in [9.17, 15) is 9.59 Å². The molecular formula is C21H23NO6. The Morgan fingerprint density at radius 1 is 1.00 bits per heavy atom. The van der Waals surface area contributed by atoms with Gasteiger partial charge >= 0.3 is 5.97 Å². The highest BCUT2D eigenvalue weighted by Gasteiger charge is 2.17. The van der Waals surface area contributed by atoms with Crippen LogP contribution < -0.4 is 19.5 Å². The molecule has 1 amide bonds. The maximum absolute atomic E-state index is 12.2. The molecule has 0 bridgehead atoms. The molecule has 28 heavy (non-hydrogen) atoms. The van der Waals surface area contributed by atoms with Crippen molar-refractivity contribution in [3.05, 3.63) is 54.1 Å². The zero-order valence-electron chi connectivity index (χ0n) is 16.2. The lowest BCUT2D eigenvalue weighted by Crippen LogP contribution is -2.29. The molecule has 0 saturated heterocycles. The fraction of sp³-hybridized carbons (Fsp3) is 0.238. The lowest BCUT2D eigenvalue weighted by Gasteiger charge is -2.13. The van der Waals surface area contributed by atoms with E-state index < -0.39 is 18.0 Å². The van der Waals surface area contributed by atoms with Gasteiger partial charge in [0.05, 0.1) is 21.3 Å². The van der Waals surface area contributed by atoms with E-state index in [-0.39, 0.29) is 0 Å². The molecule has 0 radical (unpaired) electrons. The van der Waals surface area contributed by atoms with Crippen LogP contribution in [0.3, 0.4) is 0 Å². The second kappa shape index (κ2) is 10.0. The Kier molecular flexibility index (Phi) is 7.45. The molecule has 0 fully saturated rings. The Morgan fingerprint density at radius 3 is 2.43 bits per heavy atom. The first-order valence-corrected chi connectivity index (χ1v) is 8.53. The van der Waals surface area contributed by atoms with Gasteiger partial charge in [0.15, 0.2) is 17.6 Å². The molecule has 0 aliphatic heterocycles. The van der Waals surface area contributed by atoms with Crippen LogP contribution in [0.2, 0.25) is 0 Å². The summed E-state index contributed by atoms with van der Waals surface area (Å²) in [4.78, 5) is 24.3. The minimum Gasteiger partial charge on any atom is -0.497 e. The third-order valence-corrected chi connectivity index (χ3v) is 3.83. The van der Waals surface area contributed by atoms with Crippen LogP contribution in [0, 0.1) is 0 Å². The summed E-state index contributed by atoms with van der Waals surface area (Å²) in [5.74, 6) is 0.548. The largest absolute Gasteiger partial charge is 0.497 e. The van der Waals surface area contributed by atoms with Gasteiger partial charge in [-0.25, -0.2) is 4.79 Å². The van der Waals surface area contributed by atoms with E-state index in [2.05, 4.69) is 5.32 Å². The summed E-state index contributed by atoms with van der Waals surface area (Å²) in [5.41, 5.74) is 1.19. The second-order valence-electron chi connectivity index (χ2n) is 5.72. The molecule has 2 aromatic carbocycles. The Bertz CT molecular complexity index is 862. The molecule has 0 aliphatic carbocycles. The summed E-state index contributed by atoms with van der Waals surface area (Å²) in [7, 11) is 4.58. The minimum absolute atomic E-state index is 0.450. The van der Waals surface area contributed by atoms with E-state index >= 15 is 0 Å². The Balaban J connectivity index is 1.98. The first-order chi connectivity index (χ1) is 13.5. The number of carbonyl (C=O) groups is 2. The summed E-state index contributed by atoms with van der Waals surface area (Å²) in [6.07, 6.45) is 1.79. The predicted octanol–water partition coefficient (Wildman–Crippen LogP) is 3.30. The van der Waals surface area contributed by atoms with Gasteiger partial charge in [0, 0.05) is 23.4 Å². The maximum atomic E-state index is 12.2. The van der Waals surface area contributed by atoms with Crippen molar-refractivity contribution in [2.45, 2.75) is 13.0 Å². The fourth-order valence-corrected chi connectivity index (χ4v) is 2.41. The molecule has 7 nitrogen and oxygen atoms in total. The Labute approximate surface area is 163 Å². The number of anilines is 1. The topological polar surface area (TPSA) is 83.1 Å². The van der Waals surface area contributed by atoms with Gasteiger partial charge in [0.2, 0.25) is 0 Å². The van der Waals surface area contributed by atoms with E-state index in [1.165, 1.54) is 40.4 Å². The van der Waals surface area contributed by atoms with Crippen molar-refractivity contribution >= 4 is 23.6 Å². The molecule has 0 aromatic heterocycles. The van der Waals surface area contributed by atoms with Crippen molar-refractivity contribution in [1.29, 1.82) is 0 Å². The van der Waals surface area contributed by atoms with Gasteiger partial charge in [-0.3, -0.25) is 4.79 Å². The molecular weight excluding hydrogens is 362 g/mol. The van der Waals surface area contributed by atoms with Crippen molar-refractivity contribution in [2.75, 3.05) is 26.6 Å². The summed E-state index contributed by atoms with van der Waals surface area (Å²) < 4.78 is 20.8. The molecule has 0 saturated carbocycles. The van der Waals surface area contributed by atoms with E-state index in [1.807, 2.05) is 0 Å². The number of amides is 1. The Morgan fingerprint density at radius 2 is 1.75 bits per heavy atom. The third-order valence-electron chi connectivity index (χ3n) is 3.83. The van der Waals surface area contributed by atoms with E-state index in [1.54, 1.807) is 42.5 Å². The number of esters is 1. The zero-order chi connectivity index (χ0) is 20.5. The molecule has 0 spiro atoms. The molecule has 0 heterocycles. The highest BCUT2D eigenvalue weighted by molar-refractivity contribution is 5.96. The number of hydrogen-bond donors (Lipinski definition) is 1. The van der Waals surface area contributed by atoms with Gasteiger partial charge in [0.25, 0.3) is 5.91 Å². The SMILES string of the molecule is COc1cccc(NC(=O)[C@@H](C)OC(=O)/C=C/c2cccc(OC)c2OC)c1. The van der Waals surface area contributed by atoms with Gasteiger partial charge in [-0.05, 0) is 31.2 Å². The molecule has 7 heteroatoms. The third kappa shape index (κ3) is 5.51. The minimum atomic E-state index is -0.976. The molecule has 148 valence electrons. The van der Waals surface area contributed by atoms with Gasteiger partial charge in [-0.2, -0.15) is 0 Å². The predicted molar refractivity (Wildman–Crippen MR) is 106 cm³/mol. The van der Waals surface area contributed by atoms with Crippen LogP contribution in [0.5, 0.6) is 17.2 Å². The normalized spacial score (nSPS) is 11.6. The van der Waals surface area contributed by atoms with E-state index in [0.717, 1.165) is 0 Å². The van der Waals surface area contributed by atoms with Crippen LogP contribution in [-0.4, -0.2) is 39.3 Å². The summed E-state index contributed by atoms with van der Waals surface area (Å²) in [6, 6.07) is 12.2. The van der Waals surface area contributed by atoms with Crippen molar-refractivity contribution in [3.8, 4) is 17.2 Å². The zero-order valence-corrected chi connectivity index (χ0v) is 16.2. The molecule has 2 aromatic rings. The van der Waals surface area contributed by atoms with Crippen molar-refractivity contribution in [1.82, 2.24) is 0 Å². The molecule has 1 N–H and O–H groups in total. The lowest BCUT2D eigenvalue weighted by molar-refractivity contribution is -0.148. The summed E-state index contributed by atoms with van der Waals surface area (Å²) in [5, 5.41) is 2.67. The van der Waals surface area contributed by atoms with Crippen LogP contribution in [0.15, 0.2) is 48.5 Å². The van der Waals surface area contributed by atoms with Crippen molar-refractivity contribution < 1.29 is 28.5 Å². The van der Waals surface area contributed by atoms with Crippen LogP contribution >= 0.6 is 0 Å². The van der Waals surface area contributed by atoms with Gasteiger partial charge in [-0.15, -0.1) is 0 Å². The number of rotatable bonds is 8. The van der Waals surface area contributed by atoms with Crippen LogP contribution in [0.1, 0.15) is 12.5 Å². The molecule has 0 unspecified atom stereocenters. The highest BCUT2D eigenvalue weighted by atomic mass is 16.5. The average Bonchev–Trinajstić information content (AvgIpc) is 2.71. The van der Waals surface area contributed by atoms with Crippen molar-refractivity contribution in [3.63, 3.8) is 0 Å². The summed E-state index contributed by atoms with van der Waals surface area (Å²) in [6.45, 7) is 1.49. The molecule has 2 rings (SSSR count). The van der Waals surface area contributed by atoms with Crippen LogP contribution in [0.25, 0.3) is 6.08 Å². The highest BCUT2D eigenvalue weighted by Crippen LogP contribution is 2.31. The molecule has 1 atom stereocenters. The first-order valence-electron chi connectivity index (χ1n) is 8.53. The van der Waals surface area contributed by atoms with Crippen LogP contribution in [-0.2, 0) is 14.3 Å². The van der Waals surface area contributed by atoms with E-state index in [4.69, 9.17) is 18.9 Å². The molecule has 0 aliphatic rings. The average molecular weight is 385 g/mol. The number of para-hydroxylation sites is 1. The number of carbonyl (C=O) groups excluding carboxylic acids is 2. The summed E-state index contributed by atoms with van der Waals surface area (Å²) >= 11 is 0. The fourth-order valence-electron chi connectivity index (χ4n) is 2.41. The van der Waals surface area contributed by atoms with Gasteiger partial charge < -0.3 is 24.3 Å². The smallest absolute Gasteiger partial charge is 0.331 e. The quantitative estimate of drug-likeness (QED) is 0.555. The number of hydrogen-bond acceptors (Lipinski definition) is 6.